The summed E-state index contributed by atoms with van der Waals surface area (Å²) in [5.41, 5.74) is 1.73. The van der Waals surface area contributed by atoms with Crippen molar-refractivity contribution in [2.24, 2.45) is 0 Å². The number of benzene rings is 1. The van der Waals surface area contributed by atoms with E-state index in [4.69, 9.17) is 0 Å². The molecule has 1 amide bonds. The van der Waals surface area contributed by atoms with Crippen LogP contribution < -0.4 is 10.9 Å². The third-order valence-corrected chi connectivity index (χ3v) is 7.25. The molecule has 30 heavy (non-hydrogen) atoms. The summed E-state index contributed by atoms with van der Waals surface area (Å²) in [6.45, 7) is 1.16. The number of amides is 1. The quantitative estimate of drug-likeness (QED) is 0.595. The van der Waals surface area contributed by atoms with Crippen molar-refractivity contribution in [3.63, 3.8) is 0 Å². The van der Waals surface area contributed by atoms with E-state index in [0.717, 1.165) is 33.9 Å². The molecule has 1 saturated heterocycles. The number of pyridine rings is 1. The molecule has 0 radical (unpaired) electrons. The summed E-state index contributed by atoms with van der Waals surface area (Å²) in [5.74, 6) is -0.340. The van der Waals surface area contributed by atoms with Gasteiger partial charge in [-0.3, -0.25) is 9.59 Å². The molecule has 0 unspecified atom stereocenters. The average Bonchev–Trinajstić information content (AvgIpc) is 3.40. The lowest BCUT2D eigenvalue weighted by molar-refractivity contribution is -0.121. The van der Waals surface area contributed by atoms with E-state index in [1.165, 1.54) is 22.6 Å². The number of sulfonamides is 1. The lowest BCUT2D eigenvalue weighted by atomic mass is 10.1. The Labute approximate surface area is 174 Å². The zero-order valence-electron chi connectivity index (χ0n) is 16.5. The maximum atomic E-state index is 12.7. The van der Waals surface area contributed by atoms with Crippen LogP contribution in [-0.4, -0.2) is 47.8 Å². The van der Waals surface area contributed by atoms with Crippen LogP contribution >= 0.6 is 0 Å². The molecule has 0 spiro atoms. The number of fused-ring (bicyclic) bond motifs is 1. The summed E-state index contributed by atoms with van der Waals surface area (Å²) < 4.78 is 28.0. The molecule has 1 aromatic carbocycles. The van der Waals surface area contributed by atoms with Crippen molar-refractivity contribution in [1.29, 1.82) is 0 Å². The maximum Gasteiger partial charge on any atom is 0.251 e. The zero-order chi connectivity index (χ0) is 21.1. The predicted molar refractivity (Wildman–Crippen MR) is 114 cm³/mol. The van der Waals surface area contributed by atoms with Crippen LogP contribution in [-0.2, 0) is 27.8 Å². The van der Waals surface area contributed by atoms with E-state index in [2.05, 4.69) is 10.3 Å². The summed E-state index contributed by atoms with van der Waals surface area (Å²) in [4.78, 5) is 27.7. The minimum Gasteiger partial charge on any atom is -0.361 e. The van der Waals surface area contributed by atoms with E-state index in [1.54, 1.807) is 0 Å². The van der Waals surface area contributed by atoms with Gasteiger partial charge in [0, 0.05) is 49.0 Å². The topological polar surface area (TPSA) is 104 Å². The Morgan fingerprint density at radius 1 is 1.10 bits per heavy atom. The second-order valence-electron chi connectivity index (χ2n) is 7.40. The van der Waals surface area contributed by atoms with Crippen LogP contribution in [0, 0.1) is 0 Å². The number of H-pyrrole nitrogens is 1. The molecule has 1 aliphatic rings. The van der Waals surface area contributed by atoms with Crippen LogP contribution in [0.3, 0.4) is 0 Å². The number of aromatic amines is 1. The Kier molecular flexibility index (Phi) is 5.74. The van der Waals surface area contributed by atoms with E-state index in [9.17, 15) is 18.0 Å². The number of para-hydroxylation sites is 1. The highest BCUT2D eigenvalue weighted by molar-refractivity contribution is 7.89. The number of nitrogens with one attached hydrogen (secondary N) is 2. The van der Waals surface area contributed by atoms with Crippen LogP contribution in [0.4, 0.5) is 0 Å². The van der Waals surface area contributed by atoms with Crippen molar-refractivity contribution >= 4 is 26.8 Å². The first kappa shape index (κ1) is 20.4. The molecule has 0 saturated carbocycles. The van der Waals surface area contributed by atoms with Crippen molar-refractivity contribution in [3.8, 4) is 0 Å². The molecule has 3 heterocycles. The number of hydrogen-bond donors (Lipinski definition) is 2. The molecule has 3 aromatic rings. The van der Waals surface area contributed by atoms with E-state index in [-0.39, 0.29) is 17.3 Å². The third kappa shape index (κ3) is 4.17. The number of nitrogens with zero attached hydrogens (tertiary/aromatic N) is 2. The number of carbonyl (C=O) groups excluding carboxylic acids is 1. The number of carbonyl (C=O) groups is 1. The van der Waals surface area contributed by atoms with Gasteiger partial charge in [-0.15, -0.1) is 0 Å². The molecule has 9 heteroatoms. The molecule has 2 N–H and O–H groups in total. The Morgan fingerprint density at radius 3 is 2.67 bits per heavy atom. The molecule has 0 bridgehead atoms. The Morgan fingerprint density at radius 2 is 1.87 bits per heavy atom. The first-order valence-corrected chi connectivity index (χ1v) is 11.4. The Bertz CT molecular complexity index is 1220. The van der Waals surface area contributed by atoms with Crippen LogP contribution in [0.25, 0.3) is 10.9 Å². The van der Waals surface area contributed by atoms with Crippen molar-refractivity contribution < 1.29 is 13.2 Å². The smallest absolute Gasteiger partial charge is 0.251 e. The van der Waals surface area contributed by atoms with Gasteiger partial charge >= 0.3 is 0 Å². The van der Waals surface area contributed by atoms with Gasteiger partial charge in [0.1, 0.15) is 6.54 Å². The van der Waals surface area contributed by atoms with E-state index in [1.807, 2.05) is 30.5 Å². The van der Waals surface area contributed by atoms with Crippen LogP contribution in [0.5, 0.6) is 0 Å². The largest absolute Gasteiger partial charge is 0.361 e. The Hall–Kier alpha value is -2.91. The van der Waals surface area contributed by atoms with Gasteiger partial charge in [-0.25, -0.2) is 8.42 Å². The average molecular weight is 429 g/mol. The molecule has 158 valence electrons. The summed E-state index contributed by atoms with van der Waals surface area (Å²) in [7, 11) is -3.64. The van der Waals surface area contributed by atoms with Gasteiger partial charge in [0.15, 0.2) is 0 Å². The highest BCUT2D eigenvalue weighted by atomic mass is 32.2. The molecule has 8 nitrogen and oxygen atoms in total. The standard InChI is InChI=1S/C21H24N4O4S/c26-20(22-10-9-16-13-23-19-6-2-1-5-18(16)19)15-24-14-17(7-8-21(24)27)30(28,29)25-11-3-4-12-25/h1-2,5-8,13-14,23H,3-4,9-12,15H2,(H,22,26). The van der Waals surface area contributed by atoms with Crippen molar-refractivity contribution in [2.45, 2.75) is 30.7 Å². The van der Waals surface area contributed by atoms with Gasteiger partial charge < -0.3 is 14.9 Å². The minimum absolute atomic E-state index is 0.0376. The molecule has 0 atom stereocenters. The Balaban J connectivity index is 1.40. The summed E-state index contributed by atoms with van der Waals surface area (Å²) in [6.07, 6.45) is 5.49. The first-order chi connectivity index (χ1) is 14.4. The van der Waals surface area contributed by atoms with Gasteiger partial charge in [0.05, 0.1) is 4.90 Å². The fourth-order valence-electron chi connectivity index (χ4n) is 3.75. The first-order valence-electron chi connectivity index (χ1n) is 9.97. The molecule has 1 fully saturated rings. The van der Waals surface area contributed by atoms with Gasteiger partial charge in [-0.1, -0.05) is 18.2 Å². The van der Waals surface area contributed by atoms with Crippen LogP contribution in [0.2, 0.25) is 0 Å². The van der Waals surface area contributed by atoms with E-state index < -0.39 is 15.6 Å². The zero-order valence-corrected chi connectivity index (χ0v) is 17.3. The number of hydrogen-bond acceptors (Lipinski definition) is 4. The fraction of sp³-hybridized carbons (Fsp3) is 0.333. The monoisotopic (exact) mass is 428 g/mol. The lowest BCUT2D eigenvalue weighted by Gasteiger charge is -2.16. The summed E-state index contributed by atoms with van der Waals surface area (Å²) in [5, 5.41) is 3.92. The van der Waals surface area contributed by atoms with Gasteiger partial charge in [-0.05, 0) is 37.0 Å². The normalized spacial score (nSPS) is 14.9. The second kappa shape index (κ2) is 8.45. The predicted octanol–water partition coefficient (Wildman–Crippen LogP) is 1.47. The maximum absolute atomic E-state index is 12.7. The van der Waals surface area contributed by atoms with Crippen LogP contribution in [0.15, 0.2) is 58.5 Å². The molecule has 0 aliphatic carbocycles. The fourth-order valence-corrected chi connectivity index (χ4v) is 5.29. The van der Waals surface area contributed by atoms with Crippen molar-refractivity contribution in [2.75, 3.05) is 19.6 Å². The van der Waals surface area contributed by atoms with Gasteiger partial charge in [0.25, 0.3) is 5.56 Å². The van der Waals surface area contributed by atoms with Gasteiger partial charge in [-0.2, -0.15) is 4.31 Å². The molecule has 4 rings (SSSR count). The molecular formula is C21H24N4O4S. The van der Waals surface area contributed by atoms with Crippen LogP contribution in [0.1, 0.15) is 18.4 Å². The highest BCUT2D eigenvalue weighted by Crippen LogP contribution is 2.20. The summed E-state index contributed by atoms with van der Waals surface area (Å²) >= 11 is 0. The number of rotatable bonds is 7. The van der Waals surface area contributed by atoms with Gasteiger partial charge in [0.2, 0.25) is 15.9 Å². The molecule has 1 aliphatic heterocycles. The summed E-state index contributed by atoms with van der Waals surface area (Å²) in [6, 6.07) is 10.4. The van der Waals surface area contributed by atoms with Crippen molar-refractivity contribution in [1.82, 2.24) is 19.2 Å². The minimum atomic E-state index is -3.64. The highest BCUT2D eigenvalue weighted by Gasteiger charge is 2.27. The molecule has 2 aromatic heterocycles. The third-order valence-electron chi connectivity index (χ3n) is 5.36. The lowest BCUT2D eigenvalue weighted by Crippen LogP contribution is -2.34. The van der Waals surface area contributed by atoms with Crippen molar-refractivity contribution in [3.05, 3.63) is 64.7 Å². The molecular weight excluding hydrogens is 404 g/mol. The number of aromatic nitrogens is 2. The van der Waals surface area contributed by atoms with E-state index >= 15 is 0 Å². The SMILES string of the molecule is O=C(Cn1cc(S(=O)(=O)N2CCCC2)ccc1=O)NCCc1c[nH]c2ccccc12. The van der Waals surface area contributed by atoms with E-state index in [0.29, 0.717) is 26.1 Å². The second-order valence-corrected chi connectivity index (χ2v) is 9.34.